The van der Waals surface area contributed by atoms with Gasteiger partial charge in [-0.25, -0.2) is 4.79 Å². The van der Waals surface area contributed by atoms with E-state index >= 15 is 0 Å². The standard InChI is InChI=1S/C9H7NO3/c11-6-10-5-7-3-1-2-4-8(7)9(12)13/h1-4,6H,(H,10,11)(H,12,13). The van der Waals surface area contributed by atoms with Gasteiger partial charge in [0, 0.05) is 0 Å². The summed E-state index contributed by atoms with van der Waals surface area (Å²) < 4.78 is 0. The van der Waals surface area contributed by atoms with Gasteiger partial charge in [-0.2, -0.15) is 0 Å². The molecule has 1 rings (SSSR count). The second kappa shape index (κ2) is 4.25. The summed E-state index contributed by atoms with van der Waals surface area (Å²) in [6.45, 7) is 2.45. The maximum atomic E-state index is 10.6. The van der Waals surface area contributed by atoms with Gasteiger partial charge < -0.3 is 10.4 Å². The monoisotopic (exact) mass is 177 g/mol. The van der Waals surface area contributed by atoms with Crippen molar-refractivity contribution in [1.29, 1.82) is 0 Å². The first-order chi connectivity index (χ1) is 6.25. The van der Waals surface area contributed by atoms with E-state index < -0.39 is 5.97 Å². The Morgan fingerprint density at radius 2 is 2.15 bits per heavy atom. The average molecular weight is 177 g/mol. The quantitative estimate of drug-likeness (QED) is 0.520. The van der Waals surface area contributed by atoms with Gasteiger partial charge >= 0.3 is 5.97 Å². The minimum atomic E-state index is -1.05. The molecule has 2 N–H and O–H groups in total. The number of carboxylic acid groups (broad SMARTS) is 1. The number of benzene rings is 1. The second-order valence-electron chi connectivity index (χ2n) is 2.24. The molecule has 1 amide bonds. The molecule has 0 atom stereocenters. The molecule has 4 nitrogen and oxygen atoms in total. The van der Waals surface area contributed by atoms with Crippen molar-refractivity contribution in [3.63, 3.8) is 0 Å². The number of hydrogen-bond donors (Lipinski definition) is 2. The molecule has 2 radical (unpaired) electrons. The maximum absolute atomic E-state index is 10.6. The van der Waals surface area contributed by atoms with Crippen LogP contribution < -0.4 is 5.32 Å². The van der Waals surface area contributed by atoms with Gasteiger partial charge in [0.15, 0.2) is 0 Å². The number of rotatable bonds is 4. The van der Waals surface area contributed by atoms with Gasteiger partial charge in [-0.15, -0.1) is 0 Å². The van der Waals surface area contributed by atoms with Crippen molar-refractivity contribution in [2.45, 2.75) is 0 Å². The molecule has 0 saturated carbocycles. The molecule has 0 aliphatic heterocycles. The van der Waals surface area contributed by atoms with Crippen molar-refractivity contribution in [2.75, 3.05) is 0 Å². The lowest BCUT2D eigenvalue weighted by molar-refractivity contribution is -0.109. The third-order valence-electron chi connectivity index (χ3n) is 1.42. The van der Waals surface area contributed by atoms with E-state index in [4.69, 9.17) is 5.11 Å². The fourth-order valence-corrected chi connectivity index (χ4v) is 0.886. The number of nitrogens with one attached hydrogen (secondary N) is 1. The van der Waals surface area contributed by atoms with Crippen LogP contribution in [0.5, 0.6) is 0 Å². The number of carbonyl (C=O) groups is 2. The van der Waals surface area contributed by atoms with Gasteiger partial charge in [-0.3, -0.25) is 4.79 Å². The Labute approximate surface area is 75.2 Å². The summed E-state index contributed by atoms with van der Waals surface area (Å²) in [5.41, 5.74) is 0.457. The van der Waals surface area contributed by atoms with Crippen molar-refractivity contribution in [3.05, 3.63) is 41.9 Å². The number of amides is 1. The highest BCUT2D eigenvalue weighted by Gasteiger charge is 2.08. The zero-order valence-corrected chi connectivity index (χ0v) is 6.65. The van der Waals surface area contributed by atoms with Crippen LogP contribution in [0, 0.1) is 6.54 Å². The topological polar surface area (TPSA) is 66.4 Å². The van der Waals surface area contributed by atoms with Crippen LogP contribution >= 0.6 is 0 Å². The van der Waals surface area contributed by atoms with Gasteiger partial charge in [0.25, 0.3) is 0 Å². The van der Waals surface area contributed by atoms with E-state index in [1.165, 1.54) is 6.07 Å². The fraction of sp³-hybridized carbons (Fsp3) is 0. The van der Waals surface area contributed by atoms with Crippen LogP contribution in [0.3, 0.4) is 0 Å². The Kier molecular flexibility index (Phi) is 3.03. The molecule has 66 valence electrons. The molecular formula is C9H7NO3. The lowest BCUT2D eigenvalue weighted by atomic mass is 10.1. The van der Waals surface area contributed by atoms with Gasteiger partial charge in [-0.05, 0) is 11.6 Å². The van der Waals surface area contributed by atoms with Gasteiger partial charge in [-0.1, -0.05) is 18.2 Å². The Bertz CT molecular complexity index is 322. The van der Waals surface area contributed by atoms with Crippen LogP contribution in [0.25, 0.3) is 0 Å². The predicted octanol–water partition coefficient (Wildman–Crippen LogP) is 0.518. The lowest BCUT2D eigenvalue weighted by Gasteiger charge is -2.01. The van der Waals surface area contributed by atoms with Crippen LogP contribution in [0.15, 0.2) is 24.3 Å². The van der Waals surface area contributed by atoms with Crippen molar-refractivity contribution in [1.82, 2.24) is 5.32 Å². The largest absolute Gasteiger partial charge is 0.478 e. The molecule has 0 fully saturated rings. The Morgan fingerprint density at radius 3 is 2.77 bits per heavy atom. The van der Waals surface area contributed by atoms with Crippen molar-refractivity contribution in [2.24, 2.45) is 0 Å². The van der Waals surface area contributed by atoms with Gasteiger partial charge in [0.1, 0.15) is 6.54 Å². The second-order valence-corrected chi connectivity index (χ2v) is 2.24. The Morgan fingerprint density at radius 1 is 1.46 bits per heavy atom. The third-order valence-corrected chi connectivity index (χ3v) is 1.42. The minimum Gasteiger partial charge on any atom is -0.478 e. The van der Waals surface area contributed by atoms with Crippen LogP contribution in [-0.2, 0) is 4.79 Å². The van der Waals surface area contributed by atoms with Crippen LogP contribution in [-0.4, -0.2) is 17.5 Å². The van der Waals surface area contributed by atoms with E-state index in [-0.39, 0.29) is 5.56 Å². The molecule has 0 unspecified atom stereocenters. The third kappa shape index (κ3) is 2.30. The number of hydrogen-bond acceptors (Lipinski definition) is 2. The molecule has 0 heterocycles. The first kappa shape index (κ1) is 9.25. The smallest absolute Gasteiger partial charge is 0.336 e. The summed E-state index contributed by atoms with van der Waals surface area (Å²) in [5, 5.41) is 10.9. The average Bonchev–Trinajstić information content (AvgIpc) is 2.15. The highest BCUT2D eigenvalue weighted by Crippen LogP contribution is 2.08. The van der Waals surface area contributed by atoms with Crippen LogP contribution in [0.1, 0.15) is 15.9 Å². The Hall–Kier alpha value is -1.84. The molecule has 1 aromatic carbocycles. The molecule has 4 heteroatoms. The number of aromatic carboxylic acids is 1. The highest BCUT2D eigenvalue weighted by molar-refractivity contribution is 5.90. The van der Waals surface area contributed by atoms with E-state index in [0.717, 1.165) is 0 Å². The van der Waals surface area contributed by atoms with Gasteiger partial charge in [0.05, 0.1) is 5.56 Å². The first-order valence-corrected chi connectivity index (χ1v) is 3.53. The minimum absolute atomic E-state index is 0.108. The zero-order chi connectivity index (χ0) is 9.68. The summed E-state index contributed by atoms with van der Waals surface area (Å²) in [6.07, 6.45) is 0.429. The molecule has 0 bridgehead atoms. The van der Waals surface area contributed by atoms with E-state index in [0.29, 0.717) is 12.0 Å². The summed E-state index contributed by atoms with van der Waals surface area (Å²) >= 11 is 0. The molecule has 13 heavy (non-hydrogen) atoms. The summed E-state index contributed by atoms with van der Waals surface area (Å²) in [5.74, 6) is -1.05. The van der Waals surface area contributed by atoms with E-state index in [1.807, 2.05) is 0 Å². The molecule has 0 spiro atoms. The highest BCUT2D eigenvalue weighted by atomic mass is 16.4. The molecule has 0 aliphatic carbocycles. The van der Waals surface area contributed by atoms with E-state index in [2.05, 4.69) is 11.9 Å². The number of carboxylic acids is 1. The molecule has 0 saturated heterocycles. The SMILES string of the molecule is O=CN[C]c1ccccc1C(=O)O. The lowest BCUT2D eigenvalue weighted by Crippen LogP contribution is -2.10. The van der Waals surface area contributed by atoms with E-state index in [9.17, 15) is 9.59 Å². The van der Waals surface area contributed by atoms with Crippen molar-refractivity contribution >= 4 is 12.4 Å². The summed E-state index contributed by atoms with van der Waals surface area (Å²) in [7, 11) is 0. The van der Waals surface area contributed by atoms with Crippen molar-refractivity contribution < 1.29 is 14.7 Å². The zero-order valence-electron chi connectivity index (χ0n) is 6.65. The van der Waals surface area contributed by atoms with Crippen LogP contribution in [0.4, 0.5) is 0 Å². The van der Waals surface area contributed by atoms with Gasteiger partial charge in [0.2, 0.25) is 6.41 Å². The maximum Gasteiger partial charge on any atom is 0.336 e. The van der Waals surface area contributed by atoms with Crippen molar-refractivity contribution in [3.8, 4) is 0 Å². The summed E-state index contributed by atoms with van der Waals surface area (Å²) in [6, 6.07) is 6.27. The van der Waals surface area contributed by atoms with Crippen LogP contribution in [0.2, 0.25) is 0 Å². The molecule has 1 aromatic rings. The normalized spacial score (nSPS) is 9.23. The first-order valence-electron chi connectivity index (χ1n) is 3.53. The predicted molar refractivity (Wildman–Crippen MR) is 44.9 cm³/mol. The summed E-state index contributed by atoms with van der Waals surface area (Å²) in [4.78, 5) is 20.6. The molecular weight excluding hydrogens is 170 g/mol. The molecule has 0 aromatic heterocycles. The van der Waals surface area contributed by atoms with E-state index in [1.54, 1.807) is 18.2 Å². The molecule has 0 aliphatic rings. The Balaban J connectivity index is 2.90. The fourth-order valence-electron chi connectivity index (χ4n) is 0.886. The number of carbonyl (C=O) groups excluding carboxylic acids is 1.